The number of carboxylic acid groups (broad SMARTS) is 1. The van der Waals surface area contributed by atoms with Gasteiger partial charge in [0.2, 0.25) is 5.91 Å². The van der Waals surface area contributed by atoms with Crippen molar-refractivity contribution in [1.82, 2.24) is 25.2 Å². The summed E-state index contributed by atoms with van der Waals surface area (Å²) < 4.78 is 39.2. The highest BCUT2D eigenvalue weighted by atomic mass is 19.4. The summed E-state index contributed by atoms with van der Waals surface area (Å²) in [5.74, 6) is -2.35. The van der Waals surface area contributed by atoms with Crippen LogP contribution >= 0.6 is 0 Å². The van der Waals surface area contributed by atoms with Gasteiger partial charge >= 0.3 is 12.1 Å². The average Bonchev–Trinajstić information content (AvgIpc) is 3.12. The van der Waals surface area contributed by atoms with Crippen molar-refractivity contribution >= 4 is 34.6 Å². The van der Waals surface area contributed by atoms with Gasteiger partial charge in [-0.05, 0) is 42.8 Å². The first-order chi connectivity index (χ1) is 16.5. The van der Waals surface area contributed by atoms with E-state index in [9.17, 15) is 27.6 Å². The Hall–Kier alpha value is -4.16. The summed E-state index contributed by atoms with van der Waals surface area (Å²) in [5, 5.41) is 14.5. The molecule has 0 radical (unpaired) electrons. The number of hydrogen-bond donors (Lipinski definition) is 4. The molecule has 0 bridgehead atoms. The first-order valence-corrected chi connectivity index (χ1v) is 10.6. The van der Waals surface area contributed by atoms with E-state index in [4.69, 9.17) is 5.11 Å². The summed E-state index contributed by atoms with van der Waals surface area (Å²) in [6.45, 7) is -0.0927. The van der Waals surface area contributed by atoms with Crippen molar-refractivity contribution in [2.75, 3.05) is 11.9 Å². The molecule has 0 saturated heterocycles. The van der Waals surface area contributed by atoms with Crippen LogP contribution in [0.1, 0.15) is 33.9 Å². The summed E-state index contributed by atoms with van der Waals surface area (Å²) in [6.07, 6.45) is -5.37. The predicted octanol–water partition coefficient (Wildman–Crippen LogP) is 2.36. The Morgan fingerprint density at radius 2 is 2.00 bits per heavy atom. The van der Waals surface area contributed by atoms with Crippen LogP contribution in [0.2, 0.25) is 0 Å². The monoisotopic (exact) mass is 490 g/mol. The Morgan fingerprint density at radius 3 is 2.71 bits per heavy atom. The molecule has 1 aliphatic rings. The van der Waals surface area contributed by atoms with Crippen molar-refractivity contribution in [3.05, 3.63) is 53.0 Å². The van der Waals surface area contributed by atoms with Crippen LogP contribution in [-0.4, -0.2) is 61.5 Å². The molecule has 10 nitrogen and oxygen atoms in total. The van der Waals surface area contributed by atoms with Gasteiger partial charge in [-0.25, -0.2) is 9.97 Å². The maximum Gasteiger partial charge on any atom is 0.406 e. The van der Waals surface area contributed by atoms with E-state index in [0.29, 0.717) is 21.9 Å². The maximum absolute atomic E-state index is 13.1. The lowest BCUT2D eigenvalue weighted by molar-refractivity contribution is -0.163. The highest BCUT2D eigenvalue weighted by Gasteiger charge is 2.38. The number of aromatic nitrogens is 3. The minimum absolute atomic E-state index is 0.0585. The van der Waals surface area contributed by atoms with E-state index in [1.807, 2.05) is 19.1 Å². The Labute approximate surface area is 196 Å². The number of anilines is 1. The van der Waals surface area contributed by atoms with Gasteiger partial charge in [0, 0.05) is 23.5 Å². The number of rotatable bonds is 6. The third kappa shape index (κ3) is 5.67. The quantitative estimate of drug-likeness (QED) is 0.416. The summed E-state index contributed by atoms with van der Waals surface area (Å²) >= 11 is 0. The predicted molar refractivity (Wildman–Crippen MR) is 117 cm³/mol. The Kier molecular flexibility index (Phi) is 6.33. The number of carboxylic acids is 1. The number of carbonyl (C=O) groups is 3. The second-order valence-corrected chi connectivity index (χ2v) is 8.17. The molecule has 3 heterocycles. The van der Waals surface area contributed by atoms with Crippen LogP contribution in [0.3, 0.4) is 0 Å². The number of aryl methyl sites for hydroxylation is 1. The highest BCUT2D eigenvalue weighted by Crippen LogP contribution is 2.28. The Balaban J connectivity index is 1.53. The molecule has 1 atom stereocenters. The summed E-state index contributed by atoms with van der Waals surface area (Å²) in [5.41, 5.74) is 2.71. The second-order valence-electron chi connectivity index (χ2n) is 8.17. The number of amides is 2. The number of halogens is 3. The molecule has 0 aliphatic carbocycles. The van der Waals surface area contributed by atoms with E-state index >= 15 is 0 Å². The highest BCUT2D eigenvalue weighted by molar-refractivity contribution is 5.95. The summed E-state index contributed by atoms with van der Waals surface area (Å²) in [4.78, 5) is 48.6. The van der Waals surface area contributed by atoms with Crippen LogP contribution in [0.15, 0.2) is 30.3 Å². The number of nitrogens with zero attached hydrogens (tertiary/aromatic N) is 3. The molecule has 0 fully saturated rings. The molecular formula is C22H21F3N6O4. The van der Waals surface area contributed by atoms with Crippen LogP contribution in [0.4, 0.5) is 18.9 Å². The first-order valence-electron chi connectivity index (χ1n) is 10.6. The van der Waals surface area contributed by atoms with Crippen LogP contribution in [0, 0.1) is 6.92 Å². The van der Waals surface area contributed by atoms with Gasteiger partial charge in [0.25, 0.3) is 5.91 Å². The maximum atomic E-state index is 13.1. The Morgan fingerprint density at radius 1 is 1.23 bits per heavy atom. The zero-order valence-electron chi connectivity index (χ0n) is 18.4. The van der Waals surface area contributed by atoms with E-state index in [1.165, 1.54) is 18.2 Å². The van der Waals surface area contributed by atoms with E-state index in [0.717, 1.165) is 5.69 Å². The van der Waals surface area contributed by atoms with Crippen molar-refractivity contribution in [2.24, 2.45) is 0 Å². The molecule has 1 aliphatic heterocycles. The normalized spacial score (nSPS) is 15.9. The zero-order valence-corrected chi connectivity index (χ0v) is 18.4. The largest absolute Gasteiger partial charge is 0.481 e. The molecule has 0 spiro atoms. The van der Waals surface area contributed by atoms with Crippen molar-refractivity contribution < 1.29 is 32.7 Å². The van der Waals surface area contributed by atoms with Crippen LogP contribution in [0.5, 0.6) is 0 Å². The van der Waals surface area contributed by atoms with E-state index in [2.05, 4.69) is 25.6 Å². The fourth-order valence-corrected chi connectivity index (χ4v) is 3.81. The lowest BCUT2D eigenvalue weighted by Crippen LogP contribution is -2.45. The lowest BCUT2D eigenvalue weighted by atomic mass is 10.1. The molecule has 3 aromatic rings. The van der Waals surface area contributed by atoms with Crippen molar-refractivity contribution in [2.45, 2.75) is 38.7 Å². The topological polar surface area (TPSA) is 140 Å². The number of pyridine rings is 1. The number of H-pyrrole nitrogens is 1. The van der Waals surface area contributed by atoms with Gasteiger partial charge in [0.15, 0.2) is 5.65 Å². The average molecular weight is 490 g/mol. The number of nitrogens with one attached hydrogen (secondary N) is 3. The second kappa shape index (κ2) is 9.24. The molecule has 4 N–H and O–H groups in total. The number of hydrogen-bond acceptors (Lipinski definition) is 6. The standard InChI is InChI=1S/C22H21F3N6O4/c1-11-2-4-15-19(27-11)30-17(29-15)8-26-20(34)12-3-5-14-13(6-12)9-31(10-22(23,24)25)21(35)16(28-14)7-18(32)33/h2-6,16,28H,7-10H2,1H3,(H,26,34)(H,32,33)(H,27,29,30). The van der Waals surface area contributed by atoms with Gasteiger partial charge in [0.05, 0.1) is 18.5 Å². The fourth-order valence-electron chi connectivity index (χ4n) is 3.81. The minimum Gasteiger partial charge on any atom is -0.481 e. The fraction of sp³-hybridized carbons (Fsp3) is 0.318. The number of fused-ring (bicyclic) bond motifs is 2. The van der Waals surface area contributed by atoms with E-state index in [1.54, 1.807) is 0 Å². The molecule has 184 valence electrons. The molecule has 1 aromatic carbocycles. The number of carbonyl (C=O) groups excluding carboxylic acids is 2. The molecule has 4 rings (SSSR count). The van der Waals surface area contributed by atoms with Crippen LogP contribution in [-0.2, 0) is 22.7 Å². The smallest absolute Gasteiger partial charge is 0.406 e. The van der Waals surface area contributed by atoms with Gasteiger partial charge < -0.3 is 25.6 Å². The lowest BCUT2D eigenvalue weighted by Gasteiger charge is -2.24. The Bertz CT molecular complexity index is 1310. The number of alkyl halides is 3. The molecule has 0 saturated carbocycles. The number of imidazole rings is 1. The van der Waals surface area contributed by atoms with Crippen molar-refractivity contribution in [3.8, 4) is 0 Å². The summed E-state index contributed by atoms with van der Waals surface area (Å²) in [7, 11) is 0. The molecule has 2 aromatic heterocycles. The van der Waals surface area contributed by atoms with Crippen molar-refractivity contribution in [3.63, 3.8) is 0 Å². The summed E-state index contributed by atoms with van der Waals surface area (Å²) in [6, 6.07) is 6.52. The number of aromatic amines is 1. The van der Waals surface area contributed by atoms with Gasteiger partial charge in [0.1, 0.15) is 18.4 Å². The molecule has 35 heavy (non-hydrogen) atoms. The van der Waals surface area contributed by atoms with E-state index in [-0.39, 0.29) is 23.4 Å². The van der Waals surface area contributed by atoms with Crippen molar-refractivity contribution in [1.29, 1.82) is 0 Å². The molecule has 2 amide bonds. The number of benzene rings is 1. The third-order valence-corrected chi connectivity index (χ3v) is 5.37. The molecular weight excluding hydrogens is 469 g/mol. The van der Waals surface area contributed by atoms with Gasteiger partial charge in [-0.3, -0.25) is 14.4 Å². The van der Waals surface area contributed by atoms with Crippen LogP contribution < -0.4 is 10.6 Å². The van der Waals surface area contributed by atoms with E-state index < -0.39 is 49.5 Å². The van der Waals surface area contributed by atoms with Gasteiger partial charge in [-0.1, -0.05) is 0 Å². The number of aliphatic carboxylic acids is 1. The van der Waals surface area contributed by atoms with Crippen LogP contribution in [0.25, 0.3) is 11.2 Å². The SMILES string of the molecule is Cc1ccc2[nH]c(CNC(=O)c3ccc4c(c3)CN(CC(F)(F)F)C(=O)C(CC(=O)O)N4)nc2n1. The molecule has 13 heteroatoms. The molecule has 1 unspecified atom stereocenters. The minimum atomic E-state index is -4.68. The first kappa shape index (κ1) is 24.0. The zero-order chi connectivity index (χ0) is 25.3. The van der Waals surface area contributed by atoms with Gasteiger partial charge in [-0.2, -0.15) is 13.2 Å². The van der Waals surface area contributed by atoms with Gasteiger partial charge in [-0.15, -0.1) is 0 Å². The third-order valence-electron chi connectivity index (χ3n) is 5.37.